The van der Waals surface area contributed by atoms with Crippen LogP contribution in [0.4, 0.5) is 5.69 Å². The van der Waals surface area contributed by atoms with Crippen molar-refractivity contribution in [2.75, 3.05) is 4.90 Å². The maximum Gasteiger partial charge on any atom is 0.116 e. The number of anilines is 1. The first-order valence-electron chi connectivity index (χ1n) is 7.90. The standard InChI is InChI=1S/C18H25NO/c1-13(2)14(3)19-16-9-5-4-8-15(16)12-20-18-11-7-6-10-17(18)19/h4-5,8-9,13-14H,6-7,10-12H2,1-3H3. The third-order valence-electron chi connectivity index (χ3n) is 4.71. The monoisotopic (exact) mass is 271 g/mol. The van der Waals surface area contributed by atoms with Crippen molar-refractivity contribution >= 4 is 5.69 Å². The van der Waals surface area contributed by atoms with E-state index in [0.717, 1.165) is 19.4 Å². The van der Waals surface area contributed by atoms with Crippen LogP contribution in [0.1, 0.15) is 52.0 Å². The minimum atomic E-state index is 0.501. The van der Waals surface area contributed by atoms with Gasteiger partial charge in [-0.05, 0) is 38.2 Å². The van der Waals surface area contributed by atoms with Gasteiger partial charge in [-0.15, -0.1) is 0 Å². The Hall–Kier alpha value is -1.44. The van der Waals surface area contributed by atoms with Gasteiger partial charge in [-0.25, -0.2) is 0 Å². The molecule has 108 valence electrons. The second kappa shape index (κ2) is 5.51. The number of hydrogen-bond donors (Lipinski definition) is 0. The molecular weight excluding hydrogens is 246 g/mol. The Labute approximate surface area is 122 Å². The summed E-state index contributed by atoms with van der Waals surface area (Å²) in [6.45, 7) is 7.67. The fraction of sp³-hybridized carbons (Fsp3) is 0.556. The van der Waals surface area contributed by atoms with Crippen molar-refractivity contribution in [3.8, 4) is 0 Å². The summed E-state index contributed by atoms with van der Waals surface area (Å²) in [7, 11) is 0. The van der Waals surface area contributed by atoms with Crippen LogP contribution in [0.5, 0.6) is 0 Å². The van der Waals surface area contributed by atoms with Crippen LogP contribution >= 0.6 is 0 Å². The molecular formula is C18H25NO. The van der Waals surface area contributed by atoms with Gasteiger partial charge in [0, 0.05) is 23.7 Å². The largest absolute Gasteiger partial charge is 0.491 e. The molecule has 2 nitrogen and oxygen atoms in total. The lowest BCUT2D eigenvalue weighted by Gasteiger charge is -2.37. The smallest absolute Gasteiger partial charge is 0.116 e. The summed E-state index contributed by atoms with van der Waals surface area (Å²) in [5, 5.41) is 0. The number of fused-ring (bicyclic) bond motifs is 1. The molecule has 1 aromatic rings. The molecule has 0 saturated heterocycles. The number of rotatable bonds is 2. The van der Waals surface area contributed by atoms with Crippen LogP contribution in [0.2, 0.25) is 0 Å². The Morgan fingerprint density at radius 1 is 1.05 bits per heavy atom. The lowest BCUT2D eigenvalue weighted by molar-refractivity contribution is 0.180. The molecule has 0 aromatic heterocycles. The molecule has 1 atom stereocenters. The minimum Gasteiger partial charge on any atom is -0.491 e. The molecule has 1 heterocycles. The molecule has 0 spiro atoms. The molecule has 0 bridgehead atoms. The van der Waals surface area contributed by atoms with Gasteiger partial charge in [0.15, 0.2) is 0 Å². The molecule has 1 aromatic carbocycles. The van der Waals surface area contributed by atoms with Crippen molar-refractivity contribution in [1.29, 1.82) is 0 Å². The van der Waals surface area contributed by atoms with E-state index in [9.17, 15) is 0 Å². The first-order chi connectivity index (χ1) is 9.68. The molecule has 0 saturated carbocycles. The highest BCUT2D eigenvalue weighted by Gasteiger charge is 2.30. The summed E-state index contributed by atoms with van der Waals surface area (Å²) < 4.78 is 6.13. The van der Waals surface area contributed by atoms with Crippen molar-refractivity contribution in [2.24, 2.45) is 5.92 Å². The summed E-state index contributed by atoms with van der Waals surface area (Å²) in [4.78, 5) is 2.56. The molecule has 0 N–H and O–H groups in total. The molecule has 2 heteroatoms. The predicted octanol–water partition coefficient (Wildman–Crippen LogP) is 4.85. The molecule has 1 aliphatic heterocycles. The van der Waals surface area contributed by atoms with Gasteiger partial charge in [0.05, 0.1) is 5.70 Å². The zero-order valence-corrected chi connectivity index (χ0v) is 12.9. The number of benzene rings is 1. The molecule has 0 fully saturated rings. The topological polar surface area (TPSA) is 12.5 Å². The third kappa shape index (κ3) is 2.32. The van der Waals surface area contributed by atoms with E-state index in [2.05, 4.69) is 49.9 Å². The quantitative estimate of drug-likeness (QED) is 0.762. The van der Waals surface area contributed by atoms with Gasteiger partial charge in [0.1, 0.15) is 12.4 Å². The summed E-state index contributed by atoms with van der Waals surface area (Å²) in [5.74, 6) is 1.86. The fourth-order valence-corrected chi connectivity index (χ4v) is 3.21. The lowest BCUT2D eigenvalue weighted by atomic mass is 9.96. The molecule has 1 unspecified atom stereocenters. The van der Waals surface area contributed by atoms with Crippen molar-refractivity contribution in [2.45, 2.75) is 59.1 Å². The summed E-state index contributed by atoms with van der Waals surface area (Å²) in [6.07, 6.45) is 4.80. The van der Waals surface area contributed by atoms with Crippen LogP contribution in [0, 0.1) is 5.92 Å². The van der Waals surface area contributed by atoms with E-state index in [0.29, 0.717) is 12.0 Å². The van der Waals surface area contributed by atoms with Crippen LogP contribution in [0.25, 0.3) is 0 Å². The second-order valence-corrected chi connectivity index (χ2v) is 6.35. The molecule has 20 heavy (non-hydrogen) atoms. The van der Waals surface area contributed by atoms with E-state index < -0.39 is 0 Å². The normalized spacial score (nSPS) is 20.1. The first-order valence-corrected chi connectivity index (χ1v) is 7.90. The van der Waals surface area contributed by atoms with E-state index in [-0.39, 0.29) is 0 Å². The molecule has 2 aliphatic rings. The number of allylic oxidation sites excluding steroid dienone is 2. The third-order valence-corrected chi connectivity index (χ3v) is 4.71. The predicted molar refractivity (Wildman–Crippen MR) is 83.5 cm³/mol. The summed E-state index contributed by atoms with van der Waals surface area (Å²) in [6, 6.07) is 9.22. The second-order valence-electron chi connectivity index (χ2n) is 6.35. The summed E-state index contributed by atoms with van der Waals surface area (Å²) in [5.41, 5.74) is 4.09. The van der Waals surface area contributed by atoms with Crippen LogP contribution in [0.3, 0.4) is 0 Å². The van der Waals surface area contributed by atoms with E-state index in [1.165, 1.54) is 35.5 Å². The van der Waals surface area contributed by atoms with Crippen LogP contribution in [-0.2, 0) is 11.3 Å². The zero-order valence-electron chi connectivity index (χ0n) is 12.9. The molecule has 1 aliphatic carbocycles. The minimum absolute atomic E-state index is 0.501. The highest BCUT2D eigenvalue weighted by Crippen LogP contribution is 2.39. The Balaban J connectivity index is 2.10. The number of para-hydroxylation sites is 1. The van der Waals surface area contributed by atoms with Gasteiger partial charge >= 0.3 is 0 Å². The average molecular weight is 271 g/mol. The van der Waals surface area contributed by atoms with Crippen molar-refractivity contribution in [3.05, 3.63) is 41.3 Å². The summed E-state index contributed by atoms with van der Waals surface area (Å²) >= 11 is 0. The lowest BCUT2D eigenvalue weighted by Crippen LogP contribution is -2.37. The van der Waals surface area contributed by atoms with Crippen LogP contribution in [-0.4, -0.2) is 6.04 Å². The number of ether oxygens (including phenoxy) is 1. The van der Waals surface area contributed by atoms with E-state index >= 15 is 0 Å². The molecule has 0 radical (unpaired) electrons. The fourth-order valence-electron chi connectivity index (χ4n) is 3.21. The van der Waals surface area contributed by atoms with E-state index in [4.69, 9.17) is 4.74 Å². The van der Waals surface area contributed by atoms with E-state index in [1.807, 2.05) is 0 Å². The maximum absolute atomic E-state index is 6.13. The molecule has 3 rings (SSSR count). The van der Waals surface area contributed by atoms with Gasteiger partial charge in [-0.3, -0.25) is 0 Å². The Morgan fingerprint density at radius 3 is 2.60 bits per heavy atom. The van der Waals surface area contributed by atoms with Gasteiger partial charge in [-0.1, -0.05) is 32.0 Å². The first kappa shape index (κ1) is 13.5. The van der Waals surface area contributed by atoms with E-state index in [1.54, 1.807) is 0 Å². The van der Waals surface area contributed by atoms with Crippen LogP contribution in [0.15, 0.2) is 35.7 Å². The van der Waals surface area contributed by atoms with Gasteiger partial charge < -0.3 is 9.64 Å². The van der Waals surface area contributed by atoms with Crippen molar-refractivity contribution in [1.82, 2.24) is 0 Å². The highest BCUT2D eigenvalue weighted by molar-refractivity contribution is 5.60. The van der Waals surface area contributed by atoms with Gasteiger partial charge in [-0.2, -0.15) is 0 Å². The highest BCUT2D eigenvalue weighted by atomic mass is 16.5. The van der Waals surface area contributed by atoms with Crippen molar-refractivity contribution in [3.63, 3.8) is 0 Å². The van der Waals surface area contributed by atoms with Crippen molar-refractivity contribution < 1.29 is 4.74 Å². The SMILES string of the molecule is CC(C)C(C)N1C2=C(CCCC2)OCc2ccccc21. The Kier molecular flexibility index (Phi) is 3.73. The number of nitrogens with zero attached hydrogens (tertiary/aromatic N) is 1. The van der Waals surface area contributed by atoms with Gasteiger partial charge in [0.2, 0.25) is 0 Å². The Morgan fingerprint density at radius 2 is 1.80 bits per heavy atom. The zero-order chi connectivity index (χ0) is 14.1. The van der Waals surface area contributed by atoms with Gasteiger partial charge in [0.25, 0.3) is 0 Å². The van der Waals surface area contributed by atoms with Crippen LogP contribution < -0.4 is 4.90 Å². The Bertz CT molecular complexity index is 518. The average Bonchev–Trinajstić information content (AvgIpc) is 2.63. The number of hydrogen-bond acceptors (Lipinski definition) is 2. The molecule has 0 amide bonds. The maximum atomic E-state index is 6.13.